The van der Waals surface area contributed by atoms with E-state index in [1.54, 1.807) is 42.5 Å². The summed E-state index contributed by atoms with van der Waals surface area (Å²) in [6.07, 6.45) is 0. The summed E-state index contributed by atoms with van der Waals surface area (Å²) in [5.41, 5.74) is -0.667. The maximum Gasteiger partial charge on any atom is 0.351 e. The Kier molecular flexibility index (Phi) is 5.21. The second kappa shape index (κ2) is 7.74. The van der Waals surface area contributed by atoms with Crippen molar-refractivity contribution in [3.63, 3.8) is 0 Å². The number of hydrogen-bond acceptors (Lipinski definition) is 7. The van der Waals surface area contributed by atoms with Crippen LogP contribution in [0, 0.1) is 0 Å². The highest BCUT2D eigenvalue weighted by Crippen LogP contribution is 2.24. The third-order valence-electron chi connectivity index (χ3n) is 3.91. The Bertz CT molecular complexity index is 1070. The molecule has 138 valence electrons. The lowest BCUT2D eigenvalue weighted by Crippen LogP contribution is -2.20. The molecule has 27 heavy (non-hydrogen) atoms. The van der Waals surface area contributed by atoms with Gasteiger partial charge in [-0.3, -0.25) is 4.79 Å². The molecule has 1 aromatic heterocycles. The van der Waals surface area contributed by atoms with Crippen LogP contribution in [0.1, 0.15) is 20.7 Å². The molecule has 0 spiro atoms. The Balaban J connectivity index is 1.81. The molecule has 7 heteroatoms. The fraction of sp³-hybridized carbons (Fsp3) is 0.150. The first kappa shape index (κ1) is 18.2. The monoisotopic (exact) mass is 368 g/mol. The number of methoxy groups -OCH3 is 2. The molecule has 2 aromatic carbocycles. The zero-order valence-electron chi connectivity index (χ0n) is 14.7. The van der Waals surface area contributed by atoms with E-state index in [1.807, 2.05) is 0 Å². The number of esters is 1. The SMILES string of the molecule is COc1ccccc1C(=O)COC(=O)c1cc2cccc(OC)c2oc1=O. The lowest BCUT2D eigenvalue weighted by atomic mass is 10.1. The molecule has 0 saturated carbocycles. The molecule has 0 bridgehead atoms. The first-order valence-electron chi connectivity index (χ1n) is 7.99. The van der Waals surface area contributed by atoms with Crippen LogP contribution in [0.15, 0.2) is 57.7 Å². The molecule has 1 heterocycles. The summed E-state index contributed by atoms with van der Waals surface area (Å²) in [4.78, 5) is 36.7. The molecular weight excluding hydrogens is 352 g/mol. The average molecular weight is 368 g/mol. The van der Waals surface area contributed by atoms with Crippen molar-refractivity contribution >= 4 is 22.7 Å². The van der Waals surface area contributed by atoms with Gasteiger partial charge in [0.2, 0.25) is 5.78 Å². The second-order valence-corrected chi connectivity index (χ2v) is 5.53. The first-order chi connectivity index (χ1) is 13.0. The van der Waals surface area contributed by atoms with Crippen molar-refractivity contribution in [1.82, 2.24) is 0 Å². The van der Waals surface area contributed by atoms with Gasteiger partial charge in [-0.05, 0) is 24.3 Å². The van der Waals surface area contributed by atoms with Gasteiger partial charge in [0.1, 0.15) is 11.3 Å². The van der Waals surface area contributed by atoms with Crippen LogP contribution in [0.25, 0.3) is 11.0 Å². The van der Waals surface area contributed by atoms with E-state index >= 15 is 0 Å². The van der Waals surface area contributed by atoms with Gasteiger partial charge in [-0.1, -0.05) is 24.3 Å². The Morgan fingerprint density at radius 2 is 1.63 bits per heavy atom. The molecule has 0 aliphatic rings. The minimum atomic E-state index is -0.947. The third kappa shape index (κ3) is 3.67. The Morgan fingerprint density at radius 1 is 0.926 bits per heavy atom. The van der Waals surface area contributed by atoms with Crippen LogP contribution >= 0.6 is 0 Å². The number of ketones is 1. The lowest BCUT2D eigenvalue weighted by molar-refractivity contribution is 0.0470. The molecule has 0 unspecified atom stereocenters. The first-order valence-corrected chi connectivity index (χ1v) is 7.99. The van der Waals surface area contributed by atoms with Crippen LogP contribution in [-0.2, 0) is 4.74 Å². The molecule has 0 fully saturated rings. The van der Waals surface area contributed by atoms with Crippen molar-refractivity contribution in [2.75, 3.05) is 20.8 Å². The number of rotatable bonds is 6. The summed E-state index contributed by atoms with van der Waals surface area (Å²) in [5.74, 6) is -0.656. The summed E-state index contributed by atoms with van der Waals surface area (Å²) in [6.45, 7) is -0.533. The van der Waals surface area contributed by atoms with E-state index in [9.17, 15) is 14.4 Å². The van der Waals surface area contributed by atoms with Gasteiger partial charge >= 0.3 is 11.6 Å². The number of benzene rings is 2. The van der Waals surface area contributed by atoms with E-state index in [0.717, 1.165) is 0 Å². The zero-order chi connectivity index (χ0) is 19.4. The summed E-state index contributed by atoms with van der Waals surface area (Å²) in [7, 11) is 2.88. The topological polar surface area (TPSA) is 92.0 Å². The predicted octanol–water partition coefficient (Wildman–Crippen LogP) is 2.85. The van der Waals surface area contributed by atoms with Crippen LogP contribution in [-0.4, -0.2) is 32.6 Å². The molecule has 0 N–H and O–H groups in total. The third-order valence-corrected chi connectivity index (χ3v) is 3.91. The summed E-state index contributed by atoms with van der Waals surface area (Å²) >= 11 is 0. The largest absolute Gasteiger partial charge is 0.496 e. The van der Waals surface area contributed by atoms with Crippen molar-refractivity contribution < 1.29 is 28.2 Å². The normalized spacial score (nSPS) is 10.4. The Labute approximate surface area is 154 Å². The molecule has 0 saturated heterocycles. The summed E-state index contributed by atoms with van der Waals surface area (Å²) < 4.78 is 20.4. The molecule has 7 nitrogen and oxygen atoms in total. The van der Waals surface area contributed by atoms with Crippen molar-refractivity contribution in [2.45, 2.75) is 0 Å². The number of para-hydroxylation sites is 2. The number of carbonyl (C=O) groups excluding carboxylic acids is 2. The fourth-order valence-corrected chi connectivity index (χ4v) is 2.58. The van der Waals surface area contributed by atoms with Crippen molar-refractivity contribution in [3.05, 3.63) is 70.1 Å². The van der Waals surface area contributed by atoms with E-state index in [4.69, 9.17) is 18.6 Å². The molecule has 0 aliphatic heterocycles. The van der Waals surface area contributed by atoms with E-state index in [-0.39, 0.29) is 16.7 Å². The predicted molar refractivity (Wildman–Crippen MR) is 96.6 cm³/mol. The summed E-state index contributed by atoms with van der Waals surface area (Å²) in [5, 5.41) is 0.497. The minimum Gasteiger partial charge on any atom is -0.496 e. The fourth-order valence-electron chi connectivity index (χ4n) is 2.58. The van der Waals surface area contributed by atoms with E-state index < -0.39 is 24.0 Å². The van der Waals surface area contributed by atoms with Crippen molar-refractivity contribution in [1.29, 1.82) is 0 Å². The van der Waals surface area contributed by atoms with E-state index in [1.165, 1.54) is 20.3 Å². The molecule has 0 radical (unpaired) electrons. The number of Topliss-reactive ketones (excluding diaryl/α,β-unsaturated/α-hetero) is 1. The summed E-state index contributed by atoms with van der Waals surface area (Å²) in [6, 6.07) is 12.9. The Morgan fingerprint density at radius 3 is 2.37 bits per heavy atom. The molecule has 3 rings (SSSR count). The molecular formula is C20H16O7. The molecule has 0 aliphatic carbocycles. The highest BCUT2D eigenvalue weighted by atomic mass is 16.5. The van der Waals surface area contributed by atoms with Crippen molar-refractivity contribution in [2.24, 2.45) is 0 Å². The standard InChI is InChI=1S/C20H16O7/c1-24-16-8-4-3-7-13(16)15(21)11-26-19(22)14-10-12-6-5-9-17(25-2)18(12)27-20(14)23/h3-10H,11H2,1-2H3. The highest BCUT2D eigenvalue weighted by Gasteiger charge is 2.19. The number of hydrogen-bond donors (Lipinski definition) is 0. The van der Waals surface area contributed by atoms with Crippen LogP contribution < -0.4 is 15.1 Å². The number of fused-ring (bicyclic) bond motifs is 1. The average Bonchev–Trinajstić information content (AvgIpc) is 2.70. The van der Waals surface area contributed by atoms with Crippen LogP contribution in [0.2, 0.25) is 0 Å². The van der Waals surface area contributed by atoms with E-state index in [2.05, 4.69) is 0 Å². The lowest BCUT2D eigenvalue weighted by Gasteiger charge is -2.08. The molecule has 0 amide bonds. The number of ether oxygens (including phenoxy) is 3. The number of carbonyl (C=O) groups is 2. The highest BCUT2D eigenvalue weighted by molar-refractivity contribution is 6.01. The Hall–Kier alpha value is -3.61. The smallest absolute Gasteiger partial charge is 0.351 e. The van der Waals surface area contributed by atoms with Gasteiger partial charge in [0.25, 0.3) is 0 Å². The maximum absolute atomic E-state index is 12.3. The maximum atomic E-state index is 12.3. The minimum absolute atomic E-state index is 0.228. The van der Waals surface area contributed by atoms with Crippen LogP contribution in [0.3, 0.4) is 0 Å². The van der Waals surface area contributed by atoms with Gasteiger partial charge in [0.05, 0.1) is 19.8 Å². The van der Waals surface area contributed by atoms with E-state index in [0.29, 0.717) is 16.9 Å². The zero-order valence-corrected chi connectivity index (χ0v) is 14.7. The van der Waals surface area contributed by atoms with Crippen LogP contribution in [0.4, 0.5) is 0 Å². The van der Waals surface area contributed by atoms with Gasteiger partial charge in [-0.15, -0.1) is 0 Å². The van der Waals surface area contributed by atoms with Gasteiger partial charge < -0.3 is 18.6 Å². The molecule has 3 aromatic rings. The van der Waals surface area contributed by atoms with Gasteiger partial charge in [0.15, 0.2) is 17.9 Å². The van der Waals surface area contributed by atoms with Crippen LogP contribution in [0.5, 0.6) is 11.5 Å². The quantitative estimate of drug-likeness (QED) is 0.375. The van der Waals surface area contributed by atoms with Gasteiger partial charge in [-0.2, -0.15) is 0 Å². The molecule has 0 atom stereocenters. The van der Waals surface area contributed by atoms with Crippen molar-refractivity contribution in [3.8, 4) is 11.5 Å². The second-order valence-electron chi connectivity index (χ2n) is 5.53. The van der Waals surface area contributed by atoms with Gasteiger partial charge in [-0.25, -0.2) is 9.59 Å². The van der Waals surface area contributed by atoms with Gasteiger partial charge in [0, 0.05) is 5.39 Å².